The molecular formula is C14H17NO3. The maximum Gasteiger partial charge on any atom is 0.336 e. The van der Waals surface area contributed by atoms with Gasteiger partial charge in [0.2, 0.25) is 0 Å². The van der Waals surface area contributed by atoms with E-state index in [0.29, 0.717) is 12.2 Å². The first-order chi connectivity index (χ1) is 8.56. The molecule has 2 heterocycles. The Morgan fingerprint density at radius 3 is 2.89 bits per heavy atom. The average Bonchev–Trinajstić information content (AvgIpc) is 2.75. The molecule has 1 atom stereocenters. The predicted octanol–water partition coefficient (Wildman–Crippen LogP) is 3.04. The largest absolute Gasteiger partial charge is 0.478 e. The van der Waals surface area contributed by atoms with Gasteiger partial charge in [-0.15, -0.1) is 0 Å². The number of rotatable bonds is 4. The summed E-state index contributed by atoms with van der Waals surface area (Å²) in [5.74, 6) is -0.902. The van der Waals surface area contributed by atoms with Crippen LogP contribution < -0.4 is 0 Å². The van der Waals surface area contributed by atoms with Gasteiger partial charge in [0.05, 0.1) is 17.4 Å². The van der Waals surface area contributed by atoms with Crippen molar-refractivity contribution < 1.29 is 14.6 Å². The number of aromatic carboxylic acids is 1. The van der Waals surface area contributed by atoms with E-state index in [9.17, 15) is 9.90 Å². The lowest BCUT2D eigenvalue weighted by molar-refractivity contribution is 0.0684. The summed E-state index contributed by atoms with van der Waals surface area (Å²) in [7, 11) is 0. The van der Waals surface area contributed by atoms with E-state index in [-0.39, 0.29) is 6.10 Å². The molecule has 0 spiro atoms. The van der Waals surface area contributed by atoms with Crippen molar-refractivity contribution in [1.82, 2.24) is 4.40 Å². The smallest absolute Gasteiger partial charge is 0.336 e. The highest BCUT2D eigenvalue weighted by atomic mass is 16.5. The number of ether oxygens (including phenoxy) is 1. The summed E-state index contributed by atoms with van der Waals surface area (Å²) in [6.45, 7) is 6.30. The summed E-state index contributed by atoms with van der Waals surface area (Å²) < 4.78 is 7.60. The number of nitrogens with zero attached hydrogens (tertiary/aromatic N) is 1. The van der Waals surface area contributed by atoms with Crippen LogP contribution in [0.5, 0.6) is 0 Å². The van der Waals surface area contributed by atoms with Crippen LogP contribution in [0.25, 0.3) is 5.52 Å². The second-order valence-electron chi connectivity index (χ2n) is 4.27. The lowest BCUT2D eigenvalue weighted by Crippen LogP contribution is -2.12. The Morgan fingerprint density at radius 1 is 1.56 bits per heavy atom. The molecular weight excluding hydrogens is 230 g/mol. The topological polar surface area (TPSA) is 50.9 Å². The molecule has 0 aliphatic rings. The highest BCUT2D eigenvalue weighted by molar-refractivity contribution is 5.91. The van der Waals surface area contributed by atoms with E-state index in [2.05, 4.69) is 0 Å². The van der Waals surface area contributed by atoms with Crippen LogP contribution in [0, 0.1) is 6.92 Å². The quantitative estimate of drug-likeness (QED) is 0.903. The summed E-state index contributed by atoms with van der Waals surface area (Å²) in [6.07, 6.45) is 1.79. The second kappa shape index (κ2) is 4.82. The van der Waals surface area contributed by atoms with E-state index >= 15 is 0 Å². The fourth-order valence-corrected chi connectivity index (χ4v) is 2.36. The first-order valence-electron chi connectivity index (χ1n) is 6.01. The Morgan fingerprint density at radius 2 is 2.28 bits per heavy atom. The minimum atomic E-state index is -0.902. The van der Waals surface area contributed by atoms with Crippen molar-refractivity contribution in [2.24, 2.45) is 0 Å². The zero-order valence-corrected chi connectivity index (χ0v) is 10.8. The molecule has 0 aliphatic carbocycles. The zero-order valence-electron chi connectivity index (χ0n) is 10.8. The number of hydrogen-bond acceptors (Lipinski definition) is 2. The molecule has 0 fully saturated rings. The zero-order chi connectivity index (χ0) is 13.3. The van der Waals surface area contributed by atoms with Crippen LogP contribution in [0.4, 0.5) is 0 Å². The van der Waals surface area contributed by atoms with Gasteiger partial charge in [-0.25, -0.2) is 4.79 Å². The Bertz CT molecular complexity index is 586. The van der Waals surface area contributed by atoms with Gasteiger partial charge in [0.25, 0.3) is 0 Å². The third-order valence-corrected chi connectivity index (χ3v) is 3.15. The van der Waals surface area contributed by atoms with Crippen molar-refractivity contribution in [3.05, 3.63) is 41.2 Å². The van der Waals surface area contributed by atoms with Crippen molar-refractivity contribution in [3.63, 3.8) is 0 Å². The predicted molar refractivity (Wildman–Crippen MR) is 69.1 cm³/mol. The number of aromatic nitrogens is 1. The number of carboxylic acids is 1. The molecule has 18 heavy (non-hydrogen) atoms. The van der Waals surface area contributed by atoms with E-state index in [1.807, 2.05) is 43.5 Å². The molecule has 0 radical (unpaired) electrons. The van der Waals surface area contributed by atoms with E-state index in [1.54, 1.807) is 6.07 Å². The number of carbonyl (C=O) groups is 1. The van der Waals surface area contributed by atoms with E-state index < -0.39 is 5.97 Å². The van der Waals surface area contributed by atoms with Crippen molar-refractivity contribution >= 4 is 11.5 Å². The average molecular weight is 247 g/mol. The van der Waals surface area contributed by atoms with Crippen LogP contribution >= 0.6 is 0 Å². The van der Waals surface area contributed by atoms with Gasteiger partial charge in [0.15, 0.2) is 0 Å². The maximum absolute atomic E-state index is 11.3. The highest BCUT2D eigenvalue weighted by Crippen LogP contribution is 2.26. The third kappa shape index (κ3) is 1.99. The third-order valence-electron chi connectivity index (χ3n) is 3.15. The van der Waals surface area contributed by atoms with Crippen LogP contribution in [0.3, 0.4) is 0 Å². The molecule has 0 amide bonds. The van der Waals surface area contributed by atoms with Gasteiger partial charge in [-0.3, -0.25) is 0 Å². The minimum absolute atomic E-state index is 0.135. The first kappa shape index (κ1) is 12.6. The van der Waals surface area contributed by atoms with Crippen molar-refractivity contribution in [3.8, 4) is 0 Å². The van der Waals surface area contributed by atoms with Gasteiger partial charge in [-0.2, -0.15) is 0 Å². The molecule has 0 saturated carbocycles. The van der Waals surface area contributed by atoms with Gasteiger partial charge in [0, 0.05) is 18.3 Å². The monoisotopic (exact) mass is 247 g/mol. The van der Waals surface area contributed by atoms with Crippen LogP contribution in [0.1, 0.15) is 41.6 Å². The van der Waals surface area contributed by atoms with Crippen molar-refractivity contribution in [2.45, 2.75) is 26.9 Å². The summed E-state index contributed by atoms with van der Waals surface area (Å²) in [5.41, 5.74) is 2.87. The Balaban J connectivity index is 2.70. The second-order valence-corrected chi connectivity index (χ2v) is 4.27. The van der Waals surface area contributed by atoms with E-state index in [4.69, 9.17) is 4.74 Å². The number of fused-ring (bicyclic) bond motifs is 1. The molecule has 0 bridgehead atoms. The van der Waals surface area contributed by atoms with Gasteiger partial charge in [0.1, 0.15) is 0 Å². The molecule has 2 aromatic heterocycles. The lowest BCUT2D eigenvalue weighted by atomic mass is 10.0. The normalized spacial score (nSPS) is 12.8. The number of hydrogen-bond donors (Lipinski definition) is 1. The van der Waals surface area contributed by atoms with Crippen molar-refractivity contribution in [1.29, 1.82) is 0 Å². The number of pyridine rings is 1. The van der Waals surface area contributed by atoms with Crippen LogP contribution in [0.15, 0.2) is 24.4 Å². The standard InChI is InChI=1S/C14H17NO3/c1-4-18-10(3)13-9(2)12(14(16)17)8-11-6-5-7-15(11)13/h5-8,10H,4H2,1-3H3,(H,16,17). The summed E-state index contributed by atoms with van der Waals surface area (Å²) in [6, 6.07) is 5.50. The molecule has 4 heteroatoms. The van der Waals surface area contributed by atoms with Crippen molar-refractivity contribution in [2.75, 3.05) is 6.61 Å². The van der Waals surface area contributed by atoms with Gasteiger partial charge >= 0.3 is 5.97 Å². The Labute approximate surface area is 106 Å². The molecule has 1 unspecified atom stereocenters. The minimum Gasteiger partial charge on any atom is -0.478 e. The highest BCUT2D eigenvalue weighted by Gasteiger charge is 2.18. The van der Waals surface area contributed by atoms with Gasteiger partial charge in [-0.1, -0.05) is 0 Å². The first-order valence-corrected chi connectivity index (χ1v) is 6.01. The fraction of sp³-hybridized carbons (Fsp3) is 0.357. The van der Waals surface area contributed by atoms with Crippen LogP contribution in [0.2, 0.25) is 0 Å². The summed E-state index contributed by atoms with van der Waals surface area (Å²) in [5, 5.41) is 9.25. The number of carboxylic acid groups (broad SMARTS) is 1. The lowest BCUT2D eigenvalue weighted by Gasteiger charge is -2.19. The fourth-order valence-electron chi connectivity index (χ4n) is 2.36. The van der Waals surface area contributed by atoms with Gasteiger partial charge in [-0.05, 0) is 44.5 Å². The van der Waals surface area contributed by atoms with Crippen LogP contribution in [-0.4, -0.2) is 22.1 Å². The molecule has 2 aromatic rings. The molecule has 0 aromatic carbocycles. The van der Waals surface area contributed by atoms with Gasteiger partial charge < -0.3 is 14.2 Å². The molecule has 96 valence electrons. The summed E-state index contributed by atoms with van der Waals surface area (Å²) >= 11 is 0. The maximum atomic E-state index is 11.3. The molecule has 0 aliphatic heterocycles. The molecule has 1 N–H and O–H groups in total. The molecule has 4 nitrogen and oxygen atoms in total. The van der Waals surface area contributed by atoms with E-state index in [1.165, 1.54) is 0 Å². The SMILES string of the molecule is CCOC(C)c1c(C)c(C(=O)O)cc2cccn12. The van der Waals surface area contributed by atoms with Crippen LogP contribution in [-0.2, 0) is 4.74 Å². The Hall–Kier alpha value is -1.81. The van der Waals surface area contributed by atoms with E-state index in [0.717, 1.165) is 16.8 Å². The molecule has 2 rings (SSSR count). The molecule has 0 saturated heterocycles. The summed E-state index contributed by atoms with van der Waals surface area (Å²) in [4.78, 5) is 11.3. The Kier molecular flexibility index (Phi) is 3.39.